The molecular formula is C5H8ClN3O. The van der Waals surface area contributed by atoms with Crippen molar-refractivity contribution in [1.82, 2.24) is 14.3 Å². The van der Waals surface area contributed by atoms with Crippen LogP contribution in [-0.2, 0) is 13.6 Å². The number of aryl methyl sites for hydroxylation is 2. The topological polar surface area (TPSA) is 39.8 Å². The van der Waals surface area contributed by atoms with Gasteiger partial charge >= 0.3 is 5.69 Å². The standard InChI is InChI=1S/C5H8ClN3O/c1-8-4-7-9(3-2-6)5(8)10/h4H,2-3H2,1H3. The molecular weight excluding hydrogens is 154 g/mol. The van der Waals surface area contributed by atoms with Crippen LogP contribution in [0.25, 0.3) is 0 Å². The average Bonchev–Trinajstić information content (AvgIpc) is 2.20. The summed E-state index contributed by atoms with van der Waals surface area (Å²) in [5.41, 5.74) is -0.124. The maximum absolute atomic E-state index is 11.0. The molecule has 0 saturated heterocycles. The second-order valence-electron chi connectivity index (χ2n) is 1.94. The molecule has 1 rings (SSSR count). The minimum atomic E-state index is -0.124. The van der Waals surface area contributed by atoms with E-state index in [1.54, 1.807) is 7.05 Å². The number of hydrogen-bond acceptors (Lipinski definition) is 2. The number of nitrogens with zero attached hydrogens (tertiary/aromatic N) is 3. The normalized spacial score (nSPS) is 10.2. The number of rotatable bonds is 2. The zero-order valence-electron chi connectivity index (χ0n) is 5.62. The highest BCUT2D eigenvalue weighted by Crippen LogP contribution is 1.79. The van der Waals surface area contributed by atoms with Crippen LogP contribution in [0.1, 0.15) is 0 Å². The second-order valence-corrected chi connectivity index (χ2v) is 2.31. The van der Waals surface area contributed by atoms with Gasteiger partial charge in [0.15, 0.2) is 0 Å². The van der Waals surface area contributed by atoms with Crippen molar-refractivity contribution in [3.05, 3.63) is 16.8 Å². The largest absolute Gasteiger partial charge is 0.345 e. The molecule has 0 radical (unpaired) electrons. The second kappa shape index (κ2) is 2.88. The van der Waals surface area contributed by atoms with Crippen LogP contribution in [0.3, 0.4) is 0 Å². The quantitative estimate of drug-likeness (QED) is 0.565. The van der Waals surface area contributed by atoms with E-state index in [0.29, 0.717) is 12.4 Å². The molecule has 0 unspecified atom stereocenters. The first-order valence-electron chi connectivity index (χ1n) is 2.90. The molecule has 1 aromatic heterocycles. The maximum atomic E-state index is 11.0. The van der Waals surface area contributed by atoms with Crippen LogP contribution in [0.4, 0.5) is 0 Å². The number of aromatic nitrogens is 3. The van der Waals surface area contributed by atoms with Gasteiger partial charge in [-0.3, -0.25) is 4.57 Å². The smallest absolute Gasteiger partial charge is 0.285 e. The van der Waals surface area contributed by atoms with Crippen LogP contribution >= 0.6 is 11.6 Å². The van der Waals surface area contributed by atoms with Gasteiger partial charge in [-0.1, -0.05) is 0 Å². The number of halogens is 1. The Labute approximate surface area is 63.0 Å². The molecule has 0 aliphatic carbocycles. The highest BCUT2D eigenvalue weighted by Gasteiger charge is 1.97. The van der Waals surface area contributed by atoms with Crippen molar-refractivity contribution >= 4 is 11.6 Å². The Morgan fingerprint density at radius 1 is 1.80 bits per heavy atom. The third-order valence-electron chi connectivity index (χ3n) is 1.18. The SMILES string of the molecule is Cn1cnn(CCCl)c1=O. The van der Waals surface area contributed by atoms with E-state index < -0.39 is 0 Å². The fourth-order valence-electron chi connectivity index (χ4n) is 0.654. The van der Waals surface area contributed by atoms with E-state index in [2.05, 4.69) is 5.10 Å². The summed E-state index contributed by atoms with van der Waals surface area (Å²) in [4.78, 5) is 11.0. The molecule has 0 spiro atoms. The van der Waals surface area contributed by atoms with Gasteiger partial charge in [-0.15, -0.1) is 11.6 Å². The molecule has 5 heteroatoms. The average molecular weight is 162 g/mol. The van der Waals surface area contributed by atoms with E-state index in [1.165, 1.54) is 15.6 Å². The minimum Gasteiger partial charge on any atom is -0.285 e. The third kappa shape index (κ3) is 1.21. The molecule has 1 heterocycles. The zero-order valence-corrected chi connectivity index (χ0v) is 6.38. The van der Waals surface area contributed by atoms with Crippen molar-refractivity contribution < 1.29 is 0 Å². The molecule has 56 valence electrons. The van der Waals surface area contributed by atoms with Crippen molar-refractivity contribution in [2.75, 3.05) is 5.88 Å². The fourth-order valence-corrected chi connectivity index (χ4v) is 0.814. The Hall–Kier alpha value is -0.770. The molecule has 0 fully saturated rings. The molecule has 0 amide bonds. The predicted molar refractivity (Wildman–Crippen MR) is 38.2 cm³/mol. The summed E-state index contributed by atoms with van der Waals surface area (Å²) >= 11 is 5.41. The lowest BCUT2D eigenvalue weighted by atomic mass is 10.8. The van der Waals surface area contributed by atoms with E-state index in [0.717, 1.165) is 0 Å². The van der Waals surface area contributed by atoms with Crippen molar-refractivity contribution in [3.8, 4) is 0 Å². The van der Waals surface area contributed by atoms with E-state index >= 15 is 0 Å². The van der Waals surface area contributed by atoms with Crippen LogP contribution in [0, 0.1) is 0 Å². The lowest BCUT2D eigenvalue weighted by molar-refractivity contribution is 0.627. The van der Waals surface area contributed by atoms with E-state index in [4.69, 9.17) is 11.6 Å². The molecule has 1 aromatic rings. The zero-order chi connectivity index (χ0) is 7.56. The Morgan fingerprint density at radius 3 is 2.90 bits per heavy atom. The van der Waals surface area contributed by atoms with Crippen LogP contribution in [-0.4, -0.2) is 20.2 Å². The van der Waals surface area contributed by atoms with Gasteiger partial charge < -0.3 is 0 Å². The van der Waals surface area contributed by atoms with Gasteiger partial charge in [-0.05, 0) is 0 Å². The third-order valence-corrected chi connectivity index (χ3v) is 1.35. The lowest BCUT2D eigenvalue weighted by Gasteiger charge is -1.90. The van der Waals surface area contributed by atoms with Crippen LogP contribution in [0.5, 0.6) is 0 Å². The van der Waals surface area contributed by atoms with Crippen LogP contribution in [0.15, 0.2) is 11.1 Å². The van der Waals surface area contributed by atoms with Crippen LogP contribution in [0.2, 0.25) is 0 Å². The Morgan fingerprint density at radius 2 is 2.50 bits per heavy atom. The van der Waals surface area contributed by atoms with Gasteiger partial charge in [0.1, 0.15) is 6.33 Å². The summed E-state index contributed by atoms with van der Waals surface area (Å²) < 4.78 is 2.74. The first kappa shape index (κ1) is 7.34. The maximum Gasteiger partial charge on any atom is 0.345 e. The van der Waals surface area contributed by atoms with Gasteiger partial charge in [0.25, 0.3) is 0 Å². The summed E-state index contributed by atoms with van der Waals surface area (Å²) in [5, 5.41) is 3.79. The summed E-state index contributed by atoms with van der Waals surface area (Å²) in [6, 6.07) is 0. The van der Waals surface area contributed by atoms with Gasteiger partial charge in [0.2, 0.25) is 0 Å². The number of hydrogen-bond donors (Lipinski definition) is 0. The number of alkyl halides is 1. The summed E-state index contributed by atoms with van der Waals surface area (Å²) in [6.07, 6.45) is 1.47. The Kier molecular flexibility index (Phi) is 2.11. The summed E-state index contributed by atoms with van der Waals surface area (Å²) in [7, 11) is 1.65. The highest BCUT2D eigenvalue weighted by molar-refractivity contribution is 6.17. The van der Waals surface area contributed by atoms with Crippen molar-refractivity contribution in [2.45, 2.75) is 6.54 Å². The monoisotopic (exact) mass is 161 g/mol. The molecule has 0 saturated carbocycles. The molecule has 0 atom stereocenters. The molecule has 0 aromatic carbocycles. The van der Waals surface area contributed by atoms with Crippen molar-refractivity contribution in [3.63, 3.8) is 0 Å². The summed E-state index contributed by atoms with van der Waals surface area (Å²) in [6.45, 7) is 0.473. The first-order valence-corrected chi connectivity index (χ1v) is 3.43. The Balaban J connectivity index is 2.95. The van der Waals surface area contributed by atoms with Gasteiger partial charge in [0.05, 0.1) is 6.54 Å². The van der Waals surface area contributed by atoms with Gasteiger partial charge in [-0.2, -0.15) is 5.10 Å². The predicted octanol–water partition coefficient (Wildman–Crippen LogP) is -0.179. The van der Waals surface area contributed by atoms with Gasteiger partial charge in [0, 0.05) is 12.9 Å². The summed E-state index contributed by atoms with van der Waals surface area (Å²) in [5.74, 6) is 0.414. The highest BCUT2D eigenvalue weighted by atomic mass is 35.5. The first-order chi connectivity index (χ1) is 4.75. The molecule has 0 N–H and O–H groups in total. The Bertz CT molecular complexity index is 264. The molecule has 0 bridgehead atoms. The van der Waals surface area contributed by atoms with E-state index in [1.807, 2.05) is 0 Å². The molecule has 0 aliphatic heterocycles. The van der Waals surface area contributed by atoms with Crippen LogP contribution < -0.4 is 5.69 Å². The fraction of sp³-hybridized carbons (Fsp3) is 0.600. The van der Waals surface area contributed by atoms with E-state index in [-0.39, 0.29) is 5.69 Å². The molecule has 0 aliphatic rings. The minimum absolute atomic E-state index is 0.124. The molecule has 10 heavy (non-hydrogen) atoms. The lowest BCUT2D eigenvalue weighted by Crippen LogP contribution is -2.23. The van der Waals surface area contributed by atoms with Crippen molar-refractivity contribution in [2.24, 2.45) is 7.05 Å². The van der Waals surface area contributed by atoms with E-state index in [9.17, 15) is 4.79 Å². The molecule has 4 nitrogen and oxygen atoms in total. The van der Waals surface area contributed by atoms with Gasteiger partial charge in [-0.25, -0.2) is 9.48 Å². The van der Waals surface area contributed by atoms with Crippen molar-refractivity contribution in [1.29, 1.82) is 0 Å².